The molecule has 2 unspecified atom stereocenters. The van der Waals surface area contributed by atoms with Gasteiger partial charge in [0.25, 0.3) is 0 Å². The third-order valence-electron chi connectivity index (χ3n) is 3.65. The molecule has 1 heterocycles. The standard InChI is InChI=1S/C18H25N3O2/c1-4-19-18(20-12-16(22)17-10-7-11-23-17)21-14(3)15-9-6-5-8-13(15)2/h5-11,14,16,22H,4,12H2,1-3H3,(H2,19,20,21). The van der Waals surface area contributed by atoms with Crippen LogP contribution in [0.15, 0.2) is 52.1 Å². The van der Waals surface area contributed by atoms with Crippen molar-refractivity contribution in [3.63, 3.8) is 0 Å². The molecule has 2 aromatic rings. The molecule has 0 amide bonds. The predicted molar refractivity (Wildman–Crippen MR) is 92.4 cm³/mol. The lowest BCUT2D eigenvalue weighted by atomic mass is 10.0. The molecule has 3 N–H and O–H groups in total. The van der Waals surface area contributed by atoms with Gasteiger partial charge in [0.1, 0.15) is 11.9 Å². The number of furan rings is 1. The van der Waals surface area contributed by atoms with Gasteiger partial charge < -0.3 is 20.2 Å². The highest BCUT2D eigenvalue weighted by Gasteiger charge is 2.12. The van der Waals surface area contributed by atoms with Crippen LogP contribution in [0.3, 0.4) is 0 Å². The summed E-state index contributed by atoms with van der Waals surface area (Å²) in [6.07, 6.45) is 0.806. The monoisotopic (exact) mass is 315 g/mol. The third-order valence-corrected chi connectivity index (χ3v) is 3.65. The minimum absolute atomic E-state index is 0.120. The van der Waals surface area contributed by atoms with Crippen molar-refractivity contribution in [1.29, 1.82) is 0 Å². The van der Waals surface area contributed by atoms with Gasteiger partial charge in [-0.25, -0.2) is 0 Å². The molecule has 124 valence electrons. The van der Waals surface area contributed by atoms with Crippen LogP contribution in [0.2, 0.25) is 0 Å². The van der Waals surface area contributed by atoms with E-state index >= 15 is 0 Å². The van der Waals surface area contributed by atoms with Gasteiger partial charge in [0.15, 0.2) is 5.96 Å². The van der Waals surface area contributed by atoms with Crippen LogP contribution in [-0.2, 0) is 0 Å². The summed E-state index contributed by atoms with van der Waals surface area (Å²) >= 11 is 0. The molecule has 23 heavy (non-hydrogen) atoms. The first-order chi connectivity index (χ1) is 11.1. The van der Waals surface area contributed by atoms with Crippen molar-refractivity contribution in [2.45, 2.75) is 32.9 Å². The molecule has 5 heteroatoms. The Kier molecular flexibility index (Phi) is 6.23. The maximum absolute atomic E-state index is 10.1. The number of hydrogen-bond acceptors (Lipinski definition) is 3. The Morgan fingerprint density at radius 2 is 2.04 bits per heavy atom. The molecule has 5 nitrogen and oxygen atoms in total. The lowest BCUT2D eigenvalue weighted by molar-refractivity contribution is 0.158. The Balaban J connectivity index is 2.03. The molecule has 0 aliphatic carbocycles. The van der Waals surface area contributed by atoms with Crippen LogP contribution in [0.25, 0.3) is 0 Å². The smallest absolute Gasteiger partial charge is 0.191 e. The lowest BCUT2D eigenvalue weighted by Gasteiger charge is -2.20. The SMILES string of the molecule is CCNC(=NCC(O)c1ccco1)NC(C)c1ccccc1C. The van der Waals surface area contributed by atoms with E-state index in [1.54, 1.807) is 18.4 Å². The van der Waals surface area contributed by atoms with Crippen LogP contribution < -0.4 is 10.6 Å². The van der Waals surface area contributed by atoms with E-state index in [1.807, 2.05) is 19.1 Å². The van der Waals surface area contributed by atoms with Gasteiger partial charge in [-0.05, 0) is 44.0 Å². The minimum Gasteiger partial charge on any atom is -0.467 e. The van der Waals surface area contributed by atoms with Gasteiger partial charge in [-0.3, -0.25) is 4.99 Å². The Hall–Kier alpha value is -2.27. The maximum Gasteiger partial charge on any atom is 0.191 e. The number of nitrogens with zero attached hydrogens (tertiary/aromatic N) is 1. The molecular weight excluding hydrogens is 290 g/mol. The number of nitrogens with one attached hydrogen (secondary N) is 2. The van der Waals surface area contributed by atoms with Crippen LogP contribution in [0, 0.1) is 6.92 Å². The second-order valence-corrected chi connectivity index (χ2v) is 5.47. The topological polar surface area (TPSA) is 69.8 Å². The maximum atomic E-state index is 10.1. The van der Waals surface area contributed by atoms with E-state index < -0.39 is 6.10 Å². The fraction of sp³-hybridized carbons (Fsp3) is 0.389. The fourth-order valence-electron chi connectivity index (χ4n) is 2.42. The van der Waals surface area contributed by atoms with Gasteiger partial charge in [-0.1, -0.05) is 24.3 Å². The highest BCUT2D eigenvalue weighted by atomic mass is 16.4. The molecule has 2 atom stereocenters. The number of rotatable bonds is 6. The third kappa shape index (κ3) is 4.86. The van der Waals surface area contributed by atoms with Crippen LogP contribution in [0.4, 0.5) is 0 Å². The number of aliphatic hydroxyl groups excluding tert-OH is 1. The number of aryl methyl sites for hydroxylation is 1. The summed E-state index contributed by atoms with van der Waals surface area (Å²) in [6.45, 7) is 7.20. The summed E-state index contributed by atoms with van der Waals surface area (Å²) in [6, 6.07) is 11.9. The molecule has 0 spiro atoms. The highest BCUT2D eigenvalue weighted by Crippen LogP contribution is 2.17. The normalized spacial score (nSPS) is 14.3. The summed E-state index contributed by atoms with van der Waals surface area (Å²) in [5.74, 6) is 1.20. The van der Waals surface area contributed by atoms with Crippen molar-refractivity contribution in [3.05, 3.63) is 59.5 Å². The predicted octanol–water partition coefficient (Wildman–Crippen LogP) is 2.94. The largest absolute Gasteiger partial charge is 0.467 e. The summed E-state index contributed by atoms with van der Waals surface area (Å²) < 4.78 is 5.19. The van der Waals surface area contributed by atoms with E-state index in [9.17, 15) is 5.11 Å². The van der Waals surface area contributed by atoms with Gasteiger partial charge >= 0.3 is 0 Å². The Bertz CT molecular complexity index is 623. The van der Waals surface area contributed by atoms with Crippen LogP contribution in [0.5, 0.6) is 0 Å². The zero-order valence-electron chi connectivity index (χ0n) is 13.9. The second-order valence-electron chi connectivity index (χ2n) is 5.47. The van der Waals surface area contributed by atoms with E-state index in [0.717, 1.165) is 6.54 Å². The van der Waals surface area contributed by atoms with Crippen LogP contribution >= 0.6 is 0 Å². The summed E-state index contributed by atoms with van der Waals surface area (Å²) in [7, 11) is 0. The zero-order valence-corrected chi connectivity index (χ0v) is 13.9. The van der Waals surface area contributed by atoms with E-state index in [4.69, 9.17) is 4.42 Å². The molecule has 0 aliphatic heterocycles. The molecule has 2 rings (SSSR count). The van der Waals surface area contributed by atoms with Crippen molar-refractivity contribution in [1.82, 2.24) is 10.6 Å². The molecule has 0 saturated heterocycles. The molecule has 0 saturated carbocycles. The highest BCUT2D eigenvalue weighted by molar-refractivity contribution is 5.80. The molecule has 0 radical (unpaired) electrons. The van der Waals surface area contributed by atoms with Crippen molar-refractivity contribution in [3.8, 4) is 0 Å². The molecule has 1 aromatic heterocycles. The van der Waals surface area contributed by atoms with E-state index in [-0.39, 0.29) is 12.6 Å². The Morgan fingerprint density at radius 1 is 1.26 bits per heavy atom. The summed E-state index contributed by atoms with van der Waals surface area (Å²) in [4.78, 5) is 4.45. The average molecular weight is 315 g/mol. The van der Waals surface area contributed by atoms with Crippen LogP contribution in [-0.4, -0.2) is 24.2 Å². The lowest BCUT2D eigenvalue weighted by Crippen LogP contribution is -2.39. The van der Waals surface area contributed by atoms with Crippen molar-refractivity contribution >= 4 is 5.96 Å². The number of aliphatic hydroxyl groups is 1. The molecule has 0 bridgehead atoms. The van der Waals surface area contributed by atoms with Gasteiger partial charge in [-0.2, -0.15) is 0 Å². The first-order valence-corrected chi connectivity index (χ1v) is 7.93. The fourth-order valence-corrected chi connectivity index (χ4v) is 2.42. The average Bonchev–Trinajstić information content (AvgIpc) is 3.07. The summed E-state index contributed by atoms with van der Waals surface area (Å²) in [5.41, 5.74) is 2.46. The van der Waals surface area contributed by atoms with E-state index in [0.29, 0.717) is 11.7 Å². The number of guanidine groups is 1. The van der Waals surface area contributed by atoms with Gasteiger partial charge in [-0.15, -0.1) is 0 Å². The Labute approximate surface area is 137 Å². The van der Waals surface area contributed by atoms with Crippen LogP contribution in [0.1, 0.15) is 42.9 Å². The Morgan fingerprint density at radius 3 is 2.70 bits per heavy atom. The minimum atomic E-state index is -0.741. The second kappa shape index (κ2) is 8.39. The first kappa shape index (κ1) is 17.1. The van der Waals surface area contributed by atoms with E-state index in [2.05, 4.69) is 41.6 Å². The zero-order chi connectivity index (χ0) is 16.7. The number of benzene rings is 1. The van der Waals surface area contributed by atoms with Crippen molar-refractivity contribution in [2.24, 2.45) is 4.99 Å². The molecule has 0 fully saturated rings. The molecule has 0 aliphatic rings. The molecular formula is C18H25N3O2. The van der Waals surface area contributed by atoms with Crippen molar-refractivity contribution in [2.75, 3.05) is 13.1 Å². The van der Waals surface area contributed by atoms with Gasteiger partial charge in [0.2, 0.25) is 0 Å². The number of aliphatic imine (C=N–C) groups is 1. The quantitative estimate of drug-likeness (QED) is 0.566. The summed E-state index contributed by atoms with van der Waals surface area (Å²) in [5, 5.41) is 16.6. The molecule has 1 aromatic carbocycles. The van der Waals surface area contributed by atoms with Gasteiger partial charge in [0.05, 0.1) is 18.8 Å². The van der Waals surface area contributed by atoms with E-state index in [1.165, 1.54) is 11.1 Å². The first-order valence-electron chi connectivity index (χ1n) is 7.93. The van der Waals surface area contributed by atoms with Gasteiger partial charge in [0, 0.05) is 6.54 Å². The number of hydrogen-bond donors (Lipinski definition) is 3. The van der Waals surface area contributed by atoms with Crippen molar-refractivity contribution < 1.29 is 9.52 Å².